The molecule has 0 saturated carbocycles. The largest absolute Gasteiger partial charge is 0.377 e. The number of anilines is 1. The topological polar surface area (TPSA) is 38.0 Å². The highest BCUT2D eigenvalue weighted by Crippen LogP contribution is 2.23. The lowest BCUT2D eigenvalue weighted by Gasteiger charge is -2.21. The molecule has 0 heterocycles. The molecule has 3 N–H and O–H groups in total. The van der Waals surface area contributed by atoms with Gasteiger partial charge >= 0.3 is 0 Å². The van der Waals surface area contributed by atoms with E-state index >= 15 is 0 Å². The zero-order chi connectivity index (χ0) is 14.5. The average Bonchev–Trinajstić information content (AvgIpc) is 2.46. The summed E-state index contributed by atoms with van der Waals surface area (Å²) in [5, 5.41) is 3.53. The Morgan fingerprint density at radius 1 is 1.00 bits per heavy atom. The van der Waals surface area contributed by atoms with E-state index in [-0.39, 0.29) is 6.04 Å². The number of nitrogens with one attached hydrogen (secondary N) is 1. The molecule has 20 heavy (non-hydrogen) atoms. The third-order valence-corrected chi connectivity index (χ3v) is 3.72. The van der Waals surface area contributed by atoms with Crippen LogP contribution >= 0.6 is 0 Å². The molecule has 106 valence electrons. The predicted octanol–water partition coefficient (Wildman–Crippen LogP) is 4.23. The molecule has 2 heteroatoms. The number of nitrogens with two attached hydrogens (primary N) is 1. The van der Waals surface area contributed by atoms with E-state index in [1.54, 1.807) is 0 Å². The normalized spacial score (nSPS) is 12.4. The Labute approximate surface area is 122 Å². The van der Waals surface area contributed by atoms with Gasteiger partial charge in [0.25, 0.3) is 0 Å². The molecule has 0 spiro atoms. The van der Waals surface area contributed by atoms with E-state index in [2.05, 4.69) is 74.6 Å². The fraction of sp³-hybridized carbons (Fsp3) is 0.333. The number of benzene rings is 2. The van der Waals surface area contributed by atoms with Gasteiger partial charge in [-0.15, -0.1) is 0 Å². The van der Waals surface area contributed by atoms with Gasteiger partial charge < -0.3 is 11.1 Å². The first-order valence-corrected chi connectivity index (χ1v) is 7.24. The van der Waals surface area contributed by atoms with E-state index in [0.29, 0.717) is 12.5 Å². The van der Waals surface area contributed by atoms with Gasteiger partial charge in [0.15, 0.2) is 0 Å². The van der Waals surface area contributed by atoms with Crippen LogP contribution in [0.4, 0.5) is 5.69 Å². The summed E-state index contributed by atoms with van der Waals surface area (Å²) in [7, 11) is 0. The van der Waals surface area contributed by atoms with Gasteiger partial charge in [0.1, 0.15) is 0 Å². The summed E-state index contributed by atoms with van der Waals surface area (Å²) >= 11 is 0. The minimum Gasteiger partial charge on any atom is -0.377 e. The van der Waals surface area contributed by atoms with Gasteiger partial charge in [0, 0.05) is 12.2 Å². The van der Waals surface area contributed by atoms with Crippen molar-refractivity contribution in [3.8, 4) is 0 Å². The highest BCUT2D eigenvalue weighted by Gasteiger charge is 2.11. The molecule has 0 aliphatic heterocycles. The van der Waals surface area contributed by atoms with Crippen molar-refractivity contribution in [3.05, 3.63) is 65.2 Å². The Morgan fingerprint density at radius 2 is 1.65 bits per heavy atom. The van der Waals surface area contributed by atoms with Crippen molar-refractivity contribution in [2.45, 2.75) is 32.7 Å². The summed E-state index contributed by atoms with van der Waals surface area (Å²) in [5.41, 5.74) is 11.0. The van der Waals surface area contributed by atoms with Crippen LogP contribution in [0.5, 0.6) is 0 Å². The molecule has 0 aliphatic carbocycles. The van der Waals surface area contributed by atoms with Gasteiger partial charge in [-0.25, -0.2) is 0 Å². The second-order valence-electron chi connectivity index (χ2n) is 5.57. The Bertz CT molecular complexity index is 544. The van der Waals surface area contributed by atoms with Gasteiger partial charge in [0.05, 0.1) is 6.04 Å². The Hall–Kier alpha value is -1.80. The summed E-state index contributed by atoms with van der Waals surface area (Å²) in [4.78, 5) is 0. The third kappa shape index (κ3) is 3.40. The lowest BCUT2D eigenvalue weighted by molar-refractivity contribution is 0.783. The van der Waals surface area contributed by atoms with E-state index in [1.807, 2.05) is 0 Å². The number of hydrogen-bond acceptors (Lipinski definition) is 2. The van der Waals surface area contributed by atoms with Gasteiger partial charge in [0.2, 0.25) is 0 Å². The lowest BCUT2D eigenvalue weighted by atomic mass is 10.00. The monoisotopic (exact) mass is 268 g/mol. The van der Waals surface area contributed by atoms with Gasteiger partial charge in [-0.1, -0.05) is 50.2 Å². The van der Waals surface area contributed by atoms with Crippen molar-refractivity contribution in [2.75, 3.05) is 11.9 Å². The fourth-order valence-electron chi connectivity index (χ4n) is 2.41. The highest BCUT2D eigenvalue weighted by atomic mass is 14.9. The van der Waals surface area contributed by atoms with E-state index in [0.717, 1.165) is 5.69 Å². The Balaban J connectivity index is 2.16. The fourth-order valence-corrected chi connectivity index (χ4v) is 2.41. The second-order valence-corrected chi connectivity index (χ2v) is 5.57. The van der Waals surface area contributed by atoms with E-state index < -0.39 is 0 Å². The van der Waals surface area contributed by atoms with E-state index in [4.69, 9.17) is 5.73 Å². The first-order chi connectivity index (χ1) is 9.61. The SMILES string of the molecule is Cc1ccccc1C(CN)Nc1ccc(C(C)C)cc1. The van der Waals surface area contributed by atoms with Crippen LogP contribution in [0, 0.1) is 6.92 Å². The Kier molecular flexibility index (Phi) is 4.80. The standard InChI is InChI=1S/C18H24N2/c1-13(2)15-8-10-16(11-9-15)20-18(12-19)17-7-5-4-6-14(17)3/h4-11,13,18,20H,12,19H2,1-3H3. The lowest BCUT2D eigenvalue weighted by Crippen LogP contribution is -2.21. The van der Waals surface area contributed by atoms with Crippen molar-refractivity contribution in [2.24, 2.45) is 5.73 Å². The molecule has 0 radical (unpaired) electrons. The first kappa shape index (κ1) is 14.6. The molecule has 0 saturated heterocycles. The van der Waals surface area contributed by atoms with Crippen molar-refractivity contribution in [3.63, 3.8) is 0 Å². The second kappa shape index (κ2) is 6.58. The maximum Gasteiger partial charge on any atom is 0.0638 e. The van der Waals surface area contributed by atoms with Crippen LogP contribution in [-0.4, -0.2) is 6.54 Å². The zero-order valence-corrected chi connectivity index (χ0v) is 12.6. The van der Waals surface area contributed by atoms with Crippen LogP contribution in [0.3, 0.4) is 0 Å². The van der Waals surface area contributed by atoms with Crippen molar-refractivity contribution < 1.29 is 0 Å². The van der Waals surface area contributed by atoms with Crippen LogP contribution in [0.1, 0.15) is 42.5 Å². The van der Waals surface area contributed by atoms with Crippen LogP contribution in [0.25, 0.3) is 0 Å². The minimum absolute atomic E-state index is 0.154. The quantitative estimate of drug-likeness (QED) is 0.851. The van der Waals surface area contributed by atoms with Gasteiger partial charge in [-0.2, -0.15) is 0 Å². The summed E-state index contributed by atoms with van der Waals surface area (Å²) < 4.78 is 0. The predicted molar refractivity (Wildman–Crippen MR) is 87.1 cm³/mol. The number of rotatable bonds is 5. The van der Waals surface area contributed by atoms with Crippen molar-refractivity contribution >= 4 is 5.69 Å². The molecule has 1 atom stereocenters. The third-order valence-electron chi connectivity index (χ3n) is 3.72. The summed E-state index contributed by atoms with van der Waals surface area (Å²) in [5.74, 6) is 0.561. The molecule has 2 rings (SSSR count). The molecule has 0 fully saturated rings. The van der Waals surface area contributed by atoms with Gasteiger partial charge in [-0.3, -0.25) is 0 Å². The molecular formula is C18H24N2. The van der Waals surface area contributed by atoms with Crippen LogP contribution in [-0.2, 0) is 0 Å². The minimum atomic E-state index is 0.154. The number of aryl methyl sites for hydroxylation is 1. The number of hydrogen-bond donors (Lipinski definition) is 2. The molecule has 0 aliphatic rings. The molecule has 2 nitrogen and oxygen atoms in total. The zero-order valence-electron chi connectivity index (χ0n) is 12.6. The van der Waals surface area contributed by atoms with Crippen LogP contribution in [0.15, 0.2) is 48.5 Å². The Morgan fingerprint density at radius 3 is 2.20 bits per heavy atom. The summed E-state index contributed by atoms with van der Waals surface area (Å²) in [6.45, 7) is 7.12. The maximum absolute atomic E-state index is 5.94. The maximum atomic E-state index is 5.94. The first-order valence-electron chi connectivity index (χ1n) is 7.24. The molecule has 0 bridgehead atoms. The highest BCUT2D eigenvalue weighted by molar-refractivity contribution is 5.48. The van der Waals surface area contributed by atoms with Crippen LogP contribution < -0.4 is 11.1 Å². The van der Waals surface area contributed by atoms with Gasteiger partial charge in [-0.05, 0) is 41.7 Å². The van der Waals surface area contributed by atoms with Crippen molar-refractivity contribution in [1.29, 1.82) is 0 Å². The smallest absolute Gasteiger partial charge is 0.0638 e. The van der Waals surface area contributed by atoms with Crippen molar-refractivity contribution in [1.82, 2.24) is 0 Å². The van der Waals surface area contributed by atoms with E-state index in [1.165, 1.54) is 16.7 Å². The molecular weight excluding hydrogens is 244 g/mol. The molecule has 1 unspecified atom stereocenters. The average molecular weight is 268 g/mol. The molecule has 0 amide bonds. The summed E-state index contributed by atoms with van der Waals surface area (Å²) in [6, 6.07) is 17.2. The molecule has 2 aromatic carbocycles. The molecule has 2 aromatic rings. The molecule has 0 aromatic heterocycles. The van der Waals surface area contributed by atoms with Crippen LogP contribution in [0.2, 0.25) is 0 Å². The summed E-state index contributed by atoms with van der Waals surface area (Å²) in [6.07, 6.45) is 0. The van der Waals surface area contributed by atoms with E-state index in [9.17, 15) is 0 Å².